The molecule has 0 bridgehead atoms. The number of ether oxygens (including phenoxy) is 1. The highest BCUT2D eigenvalue weighted by molar-refractivity contribution is 5.84. The van der Waals surface area contributed by atoms with Crippen molar-refractivity contribution in [3.8, 4) is 11.5 Å². The maximum Gasteiger partial charge on any atom is 0.328 e. The number of aromatic hydroxyl groups is 2. The quantitative estimate of drug-likeness (QED) is 0.289. The number of carbonyl (C=O) groups excluding carboxylic acids is 2. The van der Waals surface area contributed by atoms with Gasteiger partial charge in [-0.2, -0.15) is 0 Å². The minimum absolute atomic E-state index is 0.160. The van der Waals surface area contributed by atoms with Crippen molar-refractivity contribution in [3.05, 3.63) is 23.8 Å². The molecule has 1 aromatic rings. The SMILES string of the molecule is CCCCOC(=O)[C@H](Cc1ccc(O)c(O)c1)NC(=O)CCCN. The number of rotatable bonds is 10. The standard InChI is InChI=1S/C17H26N2O5/c1-2-3-9-24-17(23)13(19-16(22)5-4-8-18)10-12-6-7-14(20)15(21)11-12/h6-7,11,13,20-21H,2-5,8-10,18H2,1H3,(H,19,22)/t13-/m0/s1. The zero-order chi connectivity index (χ0) is 17.9. The average molecular weight is 338 g/mol. The molecule has 1 rings (SSSR count). The normalized spacial score (nSPS) is 11.8. The van der Waals surface area contributed by atoms with Gasteiger partial charge in [-0.1, -0.05) is 19.4 Å². The number of phenols is 2. The largest absolute Gasteiger partial charge is 0.504 e. The van der Waals surface area contributed by atoms with Crippen LogP contribution in [0.2, 0.25) is 0 Å². The number of nitrogens with one attached hydrogen (secondary N) is 1. The van der Waals surface area contributed by atoms with Gasteiger partial charge in [0.15, 0.2) is 11.5 Å². The predicted octanol–water partition coefficient (Wildman–Crippen LogP) is 1.21. The van der Waals surface area contributed by atoms with Gasteiger partial charge >= 0.3 is 5.97 Å². The number of unbranched alkanes of at least 4 members (excludes halogenated alkanes) is 1. The first-order valence-corrected chi connectivity index (χ1v) is 8.14. The smallest absolute Gasteiger partial charge is 0.328 e. The Balaban J connectivity index is 2.76. The molecule has 1 amide bonds. The molecular formula is C17H26N2O5. The third kappa shape index (κ3) is 6.87. The van der Waals surface area contributed by atoms with Crippen molar-refractivity contribution in [2.45, 2.75) is 45.1 Å². The van der Waals surface area contributed by atoms with Gasteiger partial charge < -0.3 is 26.0 Å². The van der Waals surface area contributed by atoms with E-state index in [-0.39, 0.29) is 30.2 Å². The van der Waals surface area contributed by atoms with Crippen molar-refractivity contribution in [3.63, 3.8) is 0 Å². The zero-order valence-electron chi connectivity index (χ0n) is 14.0. The van der Waals surface area contributed by atoms with Gasteiger partial charge in [0.25, 0.3) is 0 Å². The fraction of sp³-hybridized carbons (Fsp3) is 0.529. The van der Waals surface area contributed by atoms with Crippen LogP contribution in [0.15, 0.2) is 18.2 Å². The second-order valence-corrected chi connectivity index (χ2v) is 5.56. The Bertz CT molecular complexity index is 548. The zero-order valence-corrected chi connectivity index (χ0v) is 14.0. The first-order valence-electron chi connectivity index (χ1n) is 8.14. The van der Waals surface area contributed by atoms with E-state index in [9.17, 15) is 19.8 Å². The number of hydrogen-bond acceptors (Lipinski definition) is 6. The maximum absolute atomic E-state index is 12.2. The lowest BCUT2D eigenvalue weighted by Crippen LogP contribution is -2.43. The molecule has 7 nitrogen and oxygen atoms in total. The van der Waals surface area contributed by atoms with E-state index in [0.717, 1.165) is 12.8 Å². The molecule has 0 spiro atoms. The van der Waals surface area contributed by atoms with Crippen LogP contribution in [0.5, 0.6) is 11.5 Å². The van der Waals surface area contributed by atoms with Crippen LogP contribution in [0.25, 0.3) is 0 Å². The lowest BCUT2D eigenvalue weighted by atomic mass is 10.0. The lowest BCUT2D eigenvalue weighted by molar-refractivity contribution is -0.148. The molecule has 0 aromatic heterocycles. The molecule has 0 saturated carbocycles. The van der Waals surface area contributed by atoms with E-state index < -0.39 is 12.0 Å². The molecule has 0 aliphatic rings. The first-order chi connectivity index (χ1) is 11.5. The highest BCUT2D eigenvalue weighted by Crippen LogP contribution is 2.25. The third-order valence-corrected chi connectivity index (χ3v) is 3.45. The van der Waals surface area contributed by atoms with Gasteiger partial charge in [-0.25, -0.2) is 4.79 Å². The van der Waals surface area contributed by atoms with E-state index in [1.54, 1.807) is 6.07 Å². The summed E-state index contributed by atoms with van der Waals surface area (Å²) in [4.78, 5) is 24.1. The number of carbonyl (C=O) groups is 2. The van der Waals surface area contributed by atoms with E-state index in [4.69, 9.17) is 10.5 Å². The minimum Gasteiger partial charge on any atom is -0.504 e. The summed E-state index contributed by atoms with van der Waals surface area (Å²) in [6, 6.07) is 3.41. The summed E-state index contributed by atoms with van der Waals surface area (Å²) in [7, 11) is 0. The van der Waals surface area contributed by atoms with Gasteiger partial charge in [0.05, 0.1) is 6.61 Å². The summed E-state index contributed by atoms with van der Waals surface area (Å²) in [6.07, 6.45) is 2.57. The Labute approximate surface area is 141 Å². The summed E-state index contributed by atoms with van der Waals surface area (Å²) >= 11 is 0. The Morgan fingerprint density at radius 3 is 2.62 bits per heavy atom. The van der Waals surface area contributed by atoms with E-state index >= 15 is 0 Å². The maximum atomic E-state index is 12.2. The second kappa shape index (κ2) is 10.5. The van der Waals surface area contributed by atoms with E-state index in [2.05, 4.69) is 5.32 Å². The highest BCUT2D eigenvalue weighted by Gasteiger charge is 2.23. The van der Waals surface area contributed by atoms with Crippen LogP contribution >= 0.6 is 0 Å². The van der Waals surface area contributed by atoms with Crippen LogP contribution in [-0.2, 0) is 20.7 Å². The molecule has 1 aromatic carbocycles. The molecule has 24 heavy (non-hydrogen) atoms. The molecule has 0 fully saturated rings. The number of phenolic OH excluding ortho intramolecular Hbond substituents is 2. The van der Waals surface area contributed by atoms with Crippen molar-refractivity contribution >= 4 is 11.9 Å². The van der Waals surface area contributed by atoms with E-state index in [1.165, 1.54) is 12.1 Å². The minimum atomic E-state index is -0.851. The van der Waals surface area contributed by atoms with Crippen molar-refractivity contribution < 1.29 is 24.5 Å². The number of hydrogen-bond donors (Lipinski definition) is 4. The number of benzene rings is 1. The average Bonchev–Trinajstić information content (AvgIpc) is 2.55. The highest BCUT2D eigenvalue weighted by atomic mass is 16.5. The van der Waals surface area contributed by atoms with Gasteiger partial charge in [0.1, 0.15) is 6.04 Å². The van der Waals surface area contributed by atoms with Gasteiger partial charge in [-0.05, 0) is 37.1 Å². The van der Waals surface area contributed by atoms with Gasteiger partial charge in [-0.15, -0.1) is 0 Å². The molecule has 1 atom stereocenters. The predicted molar refractivity (Wildman–Crippen MR) is 89.6 cm³/mol. The summed E-state index contributed by atoms with van der Waals surface area (Å²) in [6.45, 7) is 2.68. The molecule has 0 saturated heterocycles. The van der Waals surface area contributed by atoms with Crippen LogP contribution in [0.1, 0.15) is 38.2 Å². The molecule has 134 valence electrons. The van der Waals surface area contributed by atoms with Gasteiger partial charge in [0.2, 0.25) is 5.91 Å². The van der Waals surface area contributed by atoms with Gasteiger partial charge in [0, 0.05) is 12.8 Å². The molecule has 5 N–H and O–H groups in total. The van der Waals surface area contributed by atoms with Crippen molar-refractivity contribution in [2.24, 2.45) is 5.73 Å². The Hall–Kier alpha value is -2.28. The Morgan fingerprint density at radius 1 is 1.25 bits per heavy atom. The fourth-order valence-corrected chi connectivity index (χ4v) is 2.07. The Kier molecular flexibility index (Phi) is 8.64. The summed E-state index contributed by atoms with van der Waals surface area (Å²) in [5, 5.41) is 21.6. The number of nitrogens with two attached hydrogens (primary N) is 1. The molecule has 0 aliphatic heterocycles. The number of amides is 1. The molecule has 7 heteroatoms. The lowest BCUT2D eigenvalue weighted by Gasteiger charge is -2.18. The van der Waals surface area contributed by atoms with E-state index in [1.807, 2.05) is 6.92 Å². The number of esters is 1. The van der Waals surface area contributed by atoms with Crippen LogP contribution in [0, 0.1) is 0 Å². The van der Waals surface area contributed by atoms with Crippen molar-refractivity contribution in [1.82, 2.24) is 5.32 Å². The van der Waals surface area contributed by atoms with Crippen LogP contribution in [-0.4, -0.2) is 41.3 Å². The molecule has 0 unspecified atom stereocenters. The first kappa shape index (κ1) is 19.8. The van der Waals surface area contributed by atoms with Crippen molar-refractivity contribution in [1.29, 1.82) is 0 Å². The van der Waals surface area contributed by atoms with Crippen LogP contribution < -0.4 is 11.1 Å². The molecule has 0 heterocycles. The Morgan fingerprint density at radius 2 is 2.00 bits per heavy atom. The summed E-state index contributed by atoms with van der Waals surface area (Å²) < 4.78 is 5.19. The van der Waals surface area contributed by atoms with Crippen LogP contribution in [0.4, 0.5) is 0 Å². The molecule has 0 radical (unpaired) electrons. The second-order valence-electron chi connectivity index (χ2n) is 5.56. The molecular weight excluding hydrogens is 312 g/mol. The summed E-state index contributed by atoms with van der Waals surface area (Å²) in [5.74, 6) is -1.31. The topological polar surface area (TPSA) is 122 Å². The summed E-state index contributed by atoms with van der Waals surface area (Å²) in [5.41, 5.74) is 5.98. The third-order valence-electron chi connectivity index (χ3n) is 3.45. The molecule has 0 aliphatic carbocycles. The van der Waals surface area contributed by atoms with Crippen molar-refractivity contribution in [2.75, 3.05) is 13.2 Å². The van der Waals surface area contributed by atoms with Gasteiger partial charge in [-0.3, -0.25) is 4.79 Å². The monoisotopic (exact) mass is 338 g/mol. The van der Waals surface area contributed by atoms with E-state index in [0.29, 0.717) is 25.1 Å². The van der Waals surface area contributed by atoms with Crippen LogP contribution in [0.3, 0.4) is 0 Å². The fourth-order valence-electron chi connectivity index (χ4n) is 2.07.